The Hall–Kier alpha value is -3.41. The van der Waals surface area contributed by atoms with E-state index in [0.717, 1.165) is 59.3 Å². The first kappa shape index (κ1) is 23.0. The maximum atomic E-state index is 13.9. The van der Waals surface area contributed by atoms with Gasteiger partial charge in [-0.25, -0.2) is 0 Å². The summed E-state index contributed by atoms with van der Waals surface area (Å²) in [6.07, 6.45) is 5.39. The maximum Gasteiger partial charge on any atom is 0.189 e. The van der Waals surface area contributed by atoms with Gasteiger partial charge in [-0.2, -0.15) is 0 Å². The first-order chi connectivity index (χ1) is 17.6. The summed E-state index contributed by atoms with van der Waals surface area (Å²) < 4.78 is 5.50. The van der Waals surface area contributed by atoms with E-state index in [9.17, 15) is 9.90 Å². The van der Waals surface area contributed by atoms with Gasteiger partial charge < -0.3 is 15.2 Å². The Balaban J connectivity index is 1.39. The third-order valence-electron chi connectivity index (χ3n) is 8.37. The number of aliphatic hydroxyl groups excluding tert-OH is 1. The summed E-state index contributed by atoms with van der Waals surface area (Å²) in [5.41, 5.74) is 3.22. The molecule has 4 heterocycles. The van der Waals surface area contributed by atoms with Crippen LogP contribution in [0.15, 0.2) is 79.4 Å². The first-order valence-corrected chi connectivity index (χ1v) is 12.8. The fourth-order valence-corrected chi connectivity index (χ4v) is 6.41. The lowest BCUT2D eigenvalue weighted by molar-refractivity contribution is -0.0254. The summed E-state index contributed by atoms with van der Waals surface area (Å²) in [7, 11) is 1.64. The quantitative estimate of drug-likeness (QED) is 0.377. The summed E-state index contributed by atoms with van der Waals surface area (Å²) in [6.45, 7) is 5.96. The van der Waals surface area contributed by atoms with E-state index in [1.165, 1.54) is 0 Å². The van der Waals surface area contributed by atoms with Crippen molar-refractivity contribution in [1.82, 2.24) is 4.90 Å². The standard InChI is InChI=1S/C31H32N2O3/c1-3-19-18-33-14-13-21(19)15-29(33)31(35)26-17-28(32-27-12-11-22(36-2)16-25(26)27)30(34)24-10-6-8-20-7-4-5-9-23(20)24/h3-12,16-17,19,21,28-29,31-32,35H,1,13-15,18H2,2H3/t19-,21-,28?,29+,31-/m0/s1. The number of ketones is 1. The van der Waals surface area contributed by atoms with E-state index in [1.54, 1.807) is 7.11 Å². The van der Waals surface area contributed by atoms with Crippen LogP contribution in [0.2, 0.25) is 0 Å². The fourth-order valence-electron chi connectivity index (χ4n) is 6.41. The molecule has 2 N–H and O–H groups in total. The Labute approximate surface area is 212 Å². The Morgan fingerprint density at radius 2 is 2.03 bits per heavy atom. The molecule has 5 heteroatoms. The molecule has 184 valence electrons. The summed E-state index contributed by atoms with van der Waals surface area (Å²) >= 11 is 0. The molecule has 4 aliphatic heterocycles. The molecule has 0 spiro atoms. The number of carbonyl (C=O) groups excluding carboxylic acids is 1. The van der Waals surface area contributed by atoms with Crippen LogP contribution in [0.5, 0.6) is 5.75 Å². The minimum Gasteiger partial charge on any atom is -0.497 e. The Bertz CT molecular complexity index is 1360. The lowest BCUT2D eigenvalue weighted by Gasteiger charge is -2.51. The number of anilines is 1. The number of ether oxygens (including phenoxy) is 1. The molecule has 6 atom stereocenters. The summed E-state index contributed by atoms with van der Waals surface area (Å²) in [6, 6.07) is 19.0. The number of Topliss-reactive ketones (excluding diaryl/α,β-unsaturated/α-hetero) is 1. The molecule has 3 saturated heterocycles. The number of methoxy groups -OCH3 is 1. The van der Waals surface area contributed by atoms with E-state index in [4.69, 9.17) is 4.74 Å². The molecule has 7 rings (SSSR count). The second kappa shape index (κ2) is 9.23. The number of hydrogen-bond donors (Lipinski definition) is 2. The molecule has 36 heavy (non-hydrogen) atoms. The second-order valence-electron chi connectivity index (χ2n) is 10.2. The number of piperidine rings is 3. The van der Waals surface area contributed by atoms with Crippen molar-refractivity contribution in [3.8, 4) is 5.75 Å². The van der Waals surface area contributed by atoms with Gasteiger partial charge in [-0.3, -0.25) is 9.69 Å². The van der Waals surface area contributed by atoms with Crippen LogP contribution in [0, 0.1) is 11.8 Å². The molecular weight excluding hydrogens is 448 g/mol. The highest BCUT2D eigenvalue weighted by Gasteiger charge is 2.43. The number of nitrogens with zero attached hydrogens (tertiary/aromatic N) is 1. The Morgan fingerprint density at radius 3 is 2.81 bits per heavy atom. The Morgan fingerprint density at radius 1 is 1.19 bits per heavy atom. The van der Waals surface area contributed by atoms with Crippen LogP contribution < -0.4 is 10.1 Å². The molecule has 3 aromatic carbocycles. The van der Waals surface area contributed by atoms with Crippen molar-refractivity contribution < 1.29 is 14.6 Å². The van der Waals surface area contributed by atoms with Gasteiger partial charge in [-0.05, 0) is 71.8 Å². The van der Waals surface area contributed by atoms with E-state index >= 15 is 0 Å². The number of fused-ring (bicyclic) bond motifs is 5. The minimum atomic E-state index is -0.700. The number of rotatable bonds is 6. The number of carbonyl (C=O) groups is 1. The van der Waals surface area contributed by atoms with Gasteiger partial charge >= 0.3 is 0 Å². The molecule has 2 bridgehead atoms. The summed E-state index contributed by atoms with van der Waals surface area (Å²) in [4.78, 5) is 16.3. The largest absolute Gasteiger partial charge is 0.497 e. The first-order valence-electron chi connectivity index (χ1n) is 12.8. The van der Waals surface area contributed by atoms with Crippen molar-refractivity contribution in [3.05, 3.63) is 90.5 Å². The number of hydrogen-bond acceptors (Lipinski definition) is 5. The molecular formula is C31H32N2O3. The maximum absolute atomic E-state index is 13.9. The molecule has 3 aromatic rings. The van der Waals surface area contributed by atoms with Crippen LogP contribution in [-0.2, 0) is 0 Å². The summed E-state index contributed by atoms with van der Waals surface area (Å²) in [5, 5.41) is 17.2. The van der Waals surface area contributed by atoms with Crippen LogP contribution in [-0.4, -0.2) is 54.2 Å². The lowest BCUT2D eigenvalue weighted by atomic mass is 9.73. The van der Waals surface area contributed by atoms with E-state index in [2.05, 4.69) is 22.9 Å². The zero-order chi connectivity index (χ0) is 24.8. The van der Waals surface area contributed by atoms with Crippen molar-refractivity contribution in [3.63, 3.8) is 0 Å². The molecule has 0 aliphatic carbocycles. The normalized spacial score (nSPS) is 27.5. The SMILES string of the molecule is C=C[C@H]1CN2CC[C@H]1C[C@@H]2[C@@H](O)C1=CC(C(=O)c2cccc3ccccc23)Nc2ccc(OC)cc21. The van der Waals surface area contributed by atoms with Crippen LogP contribution >= 0.6 is 0 Å². The molecule has 3 fully saturated rings. The highest BCUT2D eigenvalue weighted by Crippen LogP contribution is 2.43. The van der Waals surface area contributed by atoms with Crippen molar-refractivity contribution in [2.45, 2.75) is 31.0 Å². The smallest absolute Gasteiger partial charge is 0.189 e. The molecule has 0 saturated carbocycles. The predicted molar refractivity (Wildman–Crippen MR) is 144 cm³/mol. The van der Waals surface area contributed by atoms with E-state index in [-0.39, 0.29) is 11.8 Å². The van der Waals surface area contributed by atoms with Gasteiger partial charge in [0.05, 0.1) is 13.2 Å². The second-order valence-corrected chi connectivity index (χ2v) is 10.2. The highest BCUT2D eigenvalue weighted by molar-refractivity contribution is 6.13. The van der Waals surface area contributed by atoms with Gasteiger partial charge in [0.1, 0.15) is 11.8 Å². The van der Waals surface area contributed by atoms with E-state index < -0.39 is 12.1 Å². The molecule has 0 amide bonds. The monoisotopic (exact) mass is 480 g/mol. The molecule has 5 nitrogen and oxygen atoms in total. The third-order valence-corrected chi connectivity index (χ3v) is 8.37. The van der Waals surface area contributed by atoms with Crippen molar-refractivity contribution in [2.75, 3.05) is 25.5 Å². The van der Waals surface area contributed by atoms with Crippen molar-refractivity contribution in [2.24, 2.45) is 11.8 Å². The van der Waals surface area contributed by atoms with Gasteiger partial charge in [0.15, 0.2) is 5.78 Å². The van der Waals surface area contributed by atoms with Gasteiger partial charge in [-0.15, -0.1) is 6.58 Å². The van der Waals surface area contributed by atoms with E-state index in [1.807, 2.05) is 66.7 Å². The van der Waals surface area contributed by atoms with Crippen LogP contribution in [0.1, 0.15) is 28.8 Å². The average molecular weight is 481 g/mol. The van der Waals surface area contributed by atoms with Gasteiger partial charge in [0.25, 0.3) is 0 Å². The van der Waals surface area contributed by atoms with Crippen LogP contribution in [0.3, 0.4) is 0 Å². The van der Waals surface area contributed by atoms with Crippen molar-refractivity contribution in [1.29, 1.82) is 0 Å². The average Bonchev–Trinajstić information content (AvgIpc) is 2.95. The number of benzene rings is 3. The minimum absolute atomic E-state index is 0.00448. The molecule has 0 radical (unpaired) electrons. The summed E-state index contributed by atoms with van der Waals surface area (Å²) in [5.74, 6) is 1.75. The van der Waals surface area contributed by atoms with Crippen LogP contribution in [0.4, 0.5) is 5.69 Å². The topological polar surface area (TPSA) is 61.8 Å². The number of nitrogens with one attached hydrogen (secondary N) is 1. The number of aliphatic hydroxyl groups is 1. The van der Waals surface area contributed by atoms with Crippen LogP contribution in [0.25, 0.3) is 16.3 Å². The molecule has 2 unspecified atom stereocenters. The third kappa shape index (κ3) is 3.83. The molecule has 0 aromatic heterocycles. The Kier molecular flexibility index (Phi) is 5.90. The fraction of sp³-hybridized carbons (Fsp3) is 0.323. The van der Waals surface area contributed by atoms with Gasteiger partial charge in [0.2, 0.25) is 0 Å². The zero-order valence-electron chi connectivity index (χ0n) is 20.6. The lowest BCUT2D eigenvalue weighted by Crippen LogP contribution is -2.57. The highest BCUT2D eigenvalue weighted by atomic mass is 16.5. The van der Waals surface area contributed by atoms with Gasteiger partial charge in [0, 0.05) is 29.4 Å². The molecule has 4 aliphatic rings. The zero-order valence-corrected chi connectivity index (χ0v) is 20.6. The van der Waals surface area contributed by atoms with Gasteiger partial charge in [-0.1, -0.05) is 48.5 Å². The van der Waals surface area contributed by atoms with E-state index in [0.29, 0.717) is 17.4 Å². The van der Waals surface area contributed by atoms with Crippen molar-refractivity contribution >= 4 is 27.8 Å². The predicted octanol–water partition coefficient (Wildman–Crippen LogP) is 5.17.